The van der Waals surface area contributed by atoms with Gasteiger partial charge in [0.2, 0.25) is 11.8 Å². The largest absolute Gasteiger partial charge is 0.378 e. The molecule has 12 nitrogen and oxygen atoms in total. The van der Waals surface area contributed by atoms with Gasteiger partial charge < -0.3 is 31.5 Å². The van der Waals surface area contributed by atoms with Gasteiger partial charge in [-0.15, -0.1) is 0 Å². The molecule has 0 saturated carbocycles. The zero-order valence-electron chi connectivity index (χ0n) is 26.8. The highest BCUT2D eigenvalue weighted by atomic mass is 16.3. The second-order valence-electron chi connectivity index (χ2n) is 11.4. The highest BCUT2D eigenvalue weighted by molar-refractivity contribution is 5.98. The van der Waals surface area contributed by atoms with Crippen LogP contribution in [0.1, 0.15) is 37.2 Å². The molecule has 0 saturated heterocycles. The molecule has 0 spiro atoms. The van der Waals surface area contributed by atoms with Crippen molar-refractivity contribution in [2.24, 2.45) is 0 Å². The van der Waals surface area contributed by atoms with Crippen LogP contribution in [-0.2, 0) is 19.2 Å². The summed E-state index contributed by atoms with van der Waals surface area (Å²) in [6, 6.07) is 31.1. The number of anilines is 2. The molecule has 1 unspecified atom stereocenters. The summed E-state index contributed by atoms with van der Waals surface area (Å²) in [5.41, 5.74) is 4.94. The molecule has 4 aromatic carbocycles. The van der Waals surface area contributed by atoms with Crippen LogP contribution in [0.4, 0.5) is 11.4 Å². The Morgan fingerprint density at radius 2 is 0.980 bits per heavy atom. The van der Waals surface area contributed by atoms with E-state index in [2.05, 4.69) is 31.5 Å². The number of rotatable bonds is 12. The van der Waals surface area contributed by atoms with E-state index in [4.69, 9.17) is 0 Å². The van der Waals surface area contributed by atoms with Gasteiger partial charge in [-0.2, -0.15) is 5.10 Å². The van der Waals surface area contributed by atoms with Crippen molar-refractivity contribution < 1.29 is 29.4 Å². The number of aliphatic hydroxyl groups excluding tert-OH is 2. The Morgan fingerprint density at radius 3 is 1.41 bits per heavy atom. The maximum Gasteiger partial charge on any atom is 0.254 e. The summed E-state index contributed by atoms with van der Waals surface area (Å²) in [6.45, 7) is 3.07. The minimum atomic E-state index is -1.38. The van der Waals surface area contributed by atoms with Crippen LogP contribution in [0.3, 0.4) is 0 Å². The van der Waals surface area contributed by atoms with Crippen LogP contribution in [0.5, 0.6) is 0 Å². The molecule has 7 N–H and O–H groups in total. The molecule has 250 valence electrons. The van der Waals surface area contributed by atoms with Crippen LogP contribution >= 0.6 is 0 Å². The normalized spacial score (nSPS) is 13.3. The first-order valence-electron chi connectivity index (χ1n) is 15.5. The van der Waals surface area contributed by atoms with Crippen molar-refractivity contribution in [3.05, 3.63) is 126 Å². The molecule has 0 aliphatic heterocycles. The smallest absolute Gasteiger partial charge is 0.254 e. The van der Waals surface area contributed by atoms with Crippen molar-refractivity contribution in [2.75, 3.05) is 10.6 Å². The van der Waals surface area contributed by atoms with Crippen molar-refractivity contribution >= 4 is 35.0 Å². The van der Waals surface area contributed by atoms with Gasteiger partial charge in [-0.05, 0) is 60.9 Å². The van der Waals surface area contributed by atoms with Crippen LogP contribution in [0.25, 0.3) is 22.5 Å². The standard InChI is InChI=1S/C37H36N6O6/c1-22(38-36(48)32(44)26-9-5-3-6-10-26)34(46)40-28-17-13-24(14-18-28)30-21-31(43-42-30)25-15-19-29(20-16-25)41-35(47)23(2)39-37(49)33(45)27-11-7-4-8-12-27/h3-23,32-33,44-45H,1-2H3,(H,38,48)(H,39,49)(H,40,46)(H,41,47)(H,42,43)/t22-,23?,32+,33+/m0/s1. The summed E-state index contributed by atoms with van der Waals surface area (Å²) in [6.07, 6.45) is -2.77. The Labute approximate surface area is 282 Å². The number of benzene rings is 4. The summed E-state index contributed by atoms with van der Waals surface area (Å²) >= 11 is 0. The molecule has 49 heavy (non-hydrogen) atoms. The Bertz CT molecular complexity index is 1760. The molecule has 0 radical (unpaired) electrons. The van der Waals surface area contributed by atoms with Gasteiger partial charge in [-0.3, -0.25) is 24.3 Å². The van der Waals surface area contributed by atoms with Gasteiger partial charge in [-0.25, -0.2) is 0 Å². The number of carbonyl (C=O) groups excluding carboxylic acids is 4. The Balaban J connectivity index is 1.12. The number of nitrogens with zero attached hydrogens (tertiary/aromatic N) is 1. The van der Waals surface area contributed by atoms with Crippen molar-refractivity contribution in [1.82, 2.24) is 20.8 Å². The Morgan fingerprint density at radius 1 is 0.571 bits per heavy atom. The molecule has 0 aliphatic rings. The maximum absolute atomic E-state index is 12.7. The van der Waals surface area contributed by atoms with E-state index in [0.717, 1.165) is 16.8 Å². The lowest BCUT2D eigenvalue weighted by atomic mass is 10.1. The molecule has 4 atom stereocenters. The number of amides is 4. The highest BCUT2D eigenvalue weighted by Gasteiger charge is 2.23. The van der Waals surface area contributed by atoms with E-state index >= 15 is 0 Å². The summed E-state index contributed by atoms with van der Waals surface area (Å²) in [5.74, 6) is -2.22. The third-order valence-corrected chi connectivity index (χ3v) is 7.72. The van der Waals surface area contributed by atoms with Crippen molar-refractivity contribution in [1.29, 1.82) is 0 Å². The first-order chi connectivity index (χ1) is 23.6. The molecule has 5 rings (SSSR count). The third-order valence-electron chi connectivity index (χ3n) is 7.72. The molecule has 12 heteroatoms. The second-order valence-corrected chi connectivity index (χ2v) is 11.4. The molecule has 0 bridgehead atoms. The average Bonchev–Trinajstić information content (AvgIpc) is 3.62. The van der Waals surface area contributed by atoms with Gasteiger partial charge in [0.1, 0.15) is 12.1 Å². The van der Waals surface area contributed by atoms with Gasteiger partial charge in [0.05, 0.1) is 11.4 Å². The Kier molecular flexibility index (Phi) is 10.9. The number of nitrogens with one attached hydrogen (secondary N) is 5. The highest BCUT2D eigenvalue weighted by Crippen LogP contribution is 2.26. The summed E-state index contributed by atoms with van der Waals surface area (Å²) in [5, 5.41) is 38.5. The number of H-pyrrole nitrogens is 1. The van der Waals surface area contributed by atoms with E-state index < -0.39 is 47.9 Å². The monoisotopic (exact) mass is 660 g/mol. The maximum atomic E-state index is 12.7. The minimum Gasteiger partial charge on any atom is -0.378 e. The van der Waals surface area contributed by atoms with E-state index in [-0.39, 0.29) is 0 Å². The first kappa shape index (κ1) is 34.2. The number of aromatic amines is 1. The zero-order chi connectivity index (χ0) is 34.9. The van der Waals surface area contributed by atoms with Crippen molar-refractivity contribution in [3.8, 4) is 22.5 Å². The number of hydrogen-bond acceptors (Lipinski definition) is 7. The van der Waals surface area contributed by atoms with Gasteiger partial charge >= 0.3 is 0 Å². The lowest BCUT2D eigenvalue weighted by molar-refractivity contribution is -0.132. The SMILES string of the molecule is CC(NC(=O)[C@H](O)c1ccccc1)C(=O)Nc1ccc(-c2cc(-c3ccc(NC(=O)[C@H](C)NC(=O)[C@H](O)c4ccccc4)cc3)n[nH]2)cc1. The molecule has 5 aromatic rings. The minimum absolute atomic E-state index is 0.432. The molecular formula is C37H36N6O6. The fraction of sp³-hybridized carbons (Fsp3) is 0.162. The quantitative estimate of drug-likeness (QED) is 0.105. The van der Waals surface area contributed by atoms with Gasteiger partial charge in [0.15, 0.2) is 12.2 Å². The molecule has 0 aliphatic carbocycles. The lowest BCUT2D eigenvalue weighted by Crippen LogP contribution is -2.43. The van der Waals surface area contributed by atoms with Crippen LogP contribution in [0.2, 0.25) is 0 Å². The number of aliphatic hydroxyl groups is 2. The van der Waals surface area contributed by atoms with Crippen LogP contribution in [0, 0.1) is 0 Å². The van der Waals surface area contributed by atoms with E-state index in [1.165, 1.54) is 13.8 Å². The predicted molar refractivity (Wildman–Crippen MR) is 185 cm³/mol. The Hall–Kier alpha value is -6.11. The average molecular weight is 661 g/mol. The summed E-state index contributed by atoms with van der Waals surface area (Å²) < 4.78 is 0. The van der Waals surface area contributed by atoms with Crippen LogP contribution < -0.4 is 21.3 Å². The van der Waals surface area contributed by atoms with E-state index in [9.17, 15) is 29.4 Å². The second kappa shape index (κ2) is 15.7. The van der Waals surface area contributed by atoms with Crippen LogP contribution in [-0.4, -0.2) is 56.1 Å². The van der Waals surface area contributed by atoms with Gasteiger partial charge in [-0.1, -0.05) is 84.9 Å². The number of hydrogen-bond donors (Lipinski definition) is 7. The summed E-state index contributed by atoms with van der Waals surface area (Å²) in [7, 11) is 0. The topological polar surface area (TPSA) is 186 Å². The molecule has 1 aromatic heterocycles. The first-order valence-corrected chi connectivity index (χ1v) is 15.5. The molecular weight excluding hydrogens is 624 g/mol. The number of aromatic nitrogens is 2. The number of carbonyl (C=O) groups is 4. The molecule has 1 heterocycles. The van der Waals surface area contributed by atoms with Crippen LogP contribution in [0.15, 0.2) is 115 Å². The van der Waals surface area contributed by atoms with E-state index in [1.807, 2.05) is 18.2 Å². The fourth-order valence-corrected chi connectivity index (χ4v) is 4.87. The van der Waals surface area contributed by atoms with Gasteiger partial charge in [0, 0.05) is 16.9 Å². The molecule has 0 fully saturated rings. The molecule has 4 amide bonds. The third kappa shape index (κ3) is 8.83. The summed E-state index contributed by atoms with van der Waals surface area (Å²) in [4.78, 5) is 50.2. The zero-order valence-corrected chi connectivity index (χ0v) is 26.8. The lowest BCUT2D eigenvalue weighted by Gasteiger charge is -2.17. The van der Waals surface area contributed by atoms with E-state index in [0.29, 0.717) is 28.2 Å². The fourth-order valence-electron chi connectivity index (χ4n) is 4.87. The van der Waals surface area contributed by atoms with Crippen molar-refractivity contribution in [3.63, 3.8) is 0 Å². The predicted octanol–water partition coefficient (Wildman–Crippen LogP) is 4.10. The van der Waals surface area contributed by atoms with Gasteiger partial charge in [0.25, 0.3) is 11.8 Å². The van der Waals surface area contributed by atoms with E-state index in [1.54, 1.807) is 97.1 Å². The van der Waals surface area contributed by atoms with Crippen molar-refractivity contribution in [2.45, 2.75) is 38.1 Å².